The Labute approximate surface area is 114 Å². The van der Waals surface area contributed by atoms with Crippen LogP contribution < -0.4 is 5.32 Å². The van der Waals surface area contributed by atoms with Crippen molar-refractivity contribution >= 4 is 5.91 Å². The predicted octanol–water partition coefficient (Wildman–Crippen LogP) is 1.04. The zero-order chi connectivity index (χ0) is 13.5. The molecule has 0 aromatic carbocycles. The molecule has 0 aliphatic carbocycles. The van der Waals surface area contributed by atoms with E-state index in [0.717, 1.165) is 31.5 Å². The van der Waals surface area contributed by atoms with Crippen molar-refractivity contribution in [2.24, 2.45) is 5.92 Å². The summed E-state index contributed by atoms with van der Waals surface area (Å²) in [5.41, 5.74) is 1.08. The topological polar surface area (TPSA) is 45.2 Å². The van der Waals surface area contributed by atoms with Crippen LogP contribution in [0, 0.1) is 18.3 Å². The summed E-state index contributed by atoms with van der Waals surface area (Å²) in [7, 11) is 0. The Morgan fingerprint density at radius 2 is 2.11 bits per heavy atom. The van der Waals surface area contributed by atoms with Gasteiger partial charge in [0.15, 0.2) is 0 Å². The van der Waals surface area contributed by atoms with E-state index in [1.807, 2.05) is 12.1 Å². The first kappa shape index (κ1) is 13.6. The molecule has 0 bridgehead atoms. The minimum Gasteiger partial charge on any atom is -0.352 e. The van der Waals surface area contributed by atoms with Crippen molar-refractivity contribution in [2.45, 2.75) is 19.4 Å². The van der Waals surface area contributed by atoms with Crippen LogP contribution in [0.4, 0.5) is 0 Å². The number of rotatable bonds is 4. The third-order valence-corrected chi connectivity index (χ3v) is 3.49. The van der Waals surface area contributed by atoms with Crippen LogP contribution in [-0.2, 0) is 11.3 Å². The molecule has 4 nitrogen and oxygen atoms in total. The largest absolute Gasteiger partial charge is 0.352 e. The van der Waals surface area contributed by atoms with Crippen LogP contribution in [0.5, 0.6) is 0 Å². The second-order valence-corrected chi connectivity index (χ2v) is 4.83. The van der Waals surface area contributed by atoms with Crippen molar-refractivity contribution in [3.05, 3.63) is 30.1 Å². The summed E-state index contributed by atoms with van der Waals surface area (Å²) in [6, 6.07) is 3.83. The molecule has 1 fully saturated rings. The van der Waals surface area contributed by atoms with Gasteiger partial charge in [-0.15, -0.1) is 6.42 Å². The van der Waals surface area contributed by atoms with E-state index in [1.54, 1.807) is 12.4 Å². The van der Waals surface area contributed by atoms with Crippen LogP contribution in [0.15, 0.2) is 24.5 Å². The minimum atomic E-state index is 0.121. The van der Waals surface area contributed by atoms with Gasteiger partial charge in [0.1, 0.15) is 0 Å². The first-order chi connectivity index (χ1) is 9.29. The first-order valence-electron chi connectivity index (χ1n) is 6.62. The van der Waals surface area contributed by atoms with E-state index >= 15 is 0 Å². The standard InChI is InChI=1S/C15H19N3O/c1-2-9-18-10-5-14(6-11-18)15(19)17-12-13-3-7-16-8-4-13/h1,3-4,7-8,14H,5-6,9-12H2,(H,17,19). The Morgan fingerprint density at radius 3 is 2.74 bits per heavy atom. The number of carbonyl (C=O) groups excluding carboxylic acids is 1. The molecule has 1 aromatic rings. The lowest BCUT2D eigenvalue weighted by Gasteiger charge is -2.29. The van der Waals surface area contributed by atoms with Crippen molar-refractivity contribution in [3.8, 4) is 12.3 Å². The third-order valence-electron chi connectivity index (χ3n) is 3.49. The molecule has 0 radical (unpaired) electrons. The molecule has 1 N–H and O–H groups in total. The predicted molar refractivity (Wildman–Crippen MR) is 74.1 cm³/mol. The number of nitrogens with one attached hydrogen (secondary N) is 1. The van der Waals surface area contributed by atoms with E-state index in [4.69, 9.17) is 6.42 Å². The third kappa shape index (κ3) is 4.08. The molecular formula is C15H19N3O. The summed E-state index contributed by atoms with van der Waals surface area (Å²) in [6.07, 6.45) is 10.5. The van der Waals surface area contributed by atoms with Crippen LogP contribution in [0.2, 0.25) is 0 Å². The molecule has 19 heavy (non-hydrogen) atoms. The SMILES string of the molecule is C#CCN1CCC(C(=O)NCc2ccncc2)CC1. The van der Waals surface area contributed by atoms with Crippen LogP contribution in [-0.4, -0.2) is 35.4 Å². The molecule has 1 saturated heterocycles. The molecule has 2 heterocycles. The smallest absolute Gasteiger partial charge is 0.223 e. The monoisotopic (exact) mass is 257 g/mol. The molecule has 0 unspecified atom stereocenters. The van der Waals surface area contributed by atoms with E-state index < -0.39 is 0 Å². The summed E-state index contributed by atoms with van der Waals surface area (Å²) in [6.45, 7) is 3.09. The van der Waals surface area contributed by atoms with E-state index in [-0.39, 0.29) is 11.8 Å². The lowest BCUT2D eigenvalue weighted by molar-refractivity contribution is -0.126. The summed E-state index contributed by atoms with van der Waals surface area (Å²) < 4.78 is 0. The first-order valence-corrected chi connectivity index (χ1v) is 6.62. The average Bonchev–Trinajstić information content (AvgIpc) is 2.47. The van der Waals surface area contributed by atoms with Gasteiger partial charge in [-0.25, -0.2) is 0 Å². The van der Waals surface area contributed by atoms with E-state index in [0.29, 0.717) is 13.1 Å². The Morgan fingerprint density at radius 1 is 1.42 bits per heavy atom. The highest BCUT2D eigenvalue weighted by molar-refractivity contribution is 5.78. The van der Waals surface area contributed by atoms with Gasteiger partial charge in [-0.1, -0.05) is 5.92 Å². The second-order valence-electron chi connectivity index (χ2n) is 4.83. The van der Waals surface area contributed by atoms with Gasteiger partial charge in [-0.05, 0) is 43.6 Å². The quantitative estimate of drug-likeness (QED) is 0.820. The Kier molecular flexibility index (Phi) is 4.93. The molecule has 0 atom stereocenters. The zero-order valence-electron chi connectivity index (χ0n) is 11.0. The highest BCUT2D eigenvalue weighted by atomic mass is 16.1. The molecule has 1 aromatic heterocycles. The van der Waals surface area contributed by atoms with Crippen LogP contribution in [0.3, 0.4) is 0 Å². The fraction of sp³-hybridized carbons (Fsp3) is 0.467. The molecule has 4 heteroatoms. The van der Waals surface area contributed by atoms with Crippen LogP contribution >= 0.6 is 0 Å². The molecule has 100 valence electrons. The fourth-order valence-corrected chi connectivity index (χ4v) is 2.32. The van der Waals surface area contributed by atoms with Gasteiger partial charge in [-0.3, -0.25) is 14.7 Å². The number of hydrogen-bond donors (Lipinski definition) is 1. The van der Waals surface area contributed by atoms with Crippen molar-refractivity contribution in [2.75, 3.05) is 19.6 Å². The number of piperidine rings is 1. The number of amides is 1. The average molecular weight is 257 g/mol. The van der Waals surface area contributed by atoms with Gasteiger partial charge in [0.2, 0.25) is 5.91 Å². The lowest BCUT2D eigenvalue weighted by atomic mass is 9.96. The van der Waals surface area contributed by atoms with Gasteiger partial charge in [0, 0.05) is 24.9 Å². The molecule has 1 aliphatic rings. The normalized spacial score (nSPS) is 16.8. The van der Waals surface area contributed by atoms with Crippen molar-refractivity contribution in [1.82, 2.24) is 15.2 Å². The van der Waals surface area contributed by atoms with Gasteiger partial charge in [0.05, 0.1) is 6.54 Å². The Balaban J connectivity index is 1.74. The van der Waals surface area contributed by atoms with Crippen molar-refractivity contribution in [1.29, 1.82) is 0 Å². The highest BCUT2D eigenvalue weighted by Crippen LogP contribution is 2.17. The summed E-state index contributed by atoms with van der Waals surface area (Å²) in [5, 5.41) is 2.99. The van der Waals surface area contributed by atoms with E-state index in [2.05, 4.69) is 21.1 Å². The number of pyridine rings is 1. The van der Waals surface area contributed by atoms with Gasteiger partial charge in [0.25, 0.3) is 0 Å². The van der Waals surface area contributed by atoms with Crippen molar-refractivity contribution < 1.29 is 4.79 Å². The number of likely N-dealkylation sites (tertiary alicyclic amines) is 1. The highest BCUT2D eigenvalue weighted by Gasteiger charge is 2.24. The summed E-state index contributed by atoms with van der Waals surface area (Å²) in [4.78, 5) is 18.2. The molecule has 1 aliphatic heterocycles. The second kappa shape index (κ2) is 6.91. The zero-order valence-corrected chi connectivity index (χ0v) is 11.0. The fourth-order valence-electron chi connectivity index (χ4n) is 2.32. The molecule has 0 spiro atoms. The Bertz CT molecular complexity index is 444. The number of carbonyl (C=O) groups is 1. The van der Waals surface area contributed by atoms with E-state index in [9.17, 15) is 4.79 Å². The van der Waals surface area contributed by atoms with Crippen LogP contribution in [0.25, 0.3) is 0 Å². The Hall–Kier alpha value is -1.86. The number of terminal acetylenes is 1. The minimum absolute atomic E-state index is 0.121. The number of hydrogen-bond acceptors (Lipinski definition) is 3. The number of aromatic nitrogens is 1. The lowest BCUT2D eigenvalue weighted by Crippen LogP contribution is -2.40. The maximum Gasteiger partial charge on any atom is 0.223 e. The molecule has 0 saturated carbocycles. The number of nitrogens with zero attached hydrogens (tertiary/aromatic N) is 2. The molecular weight excluding hydrogens is 238 g/mol. The van der Waals surface area contributed by atoms with Crippen LogP contribution in [0.1, 0.15) is 18.4 Å². The maximum atomic E-state index is 12.1. The van der Waals surface area contributed by atoms with Crippen molar-refractivity contribution in [3.63, 3.8) is 0 Å². The molecule has 2 rings (SSSR count). The van der Waals surface area contributed by atoms with E-state index in [1.165, 1.54) is 0 Å². The maximum absolute atomic E-state index is 12.1. The summed E-state index contributed by atoms with van der Waals surface area (Å²) >= 11 is 0. The molecule has 1 amide bonds. The van der Waals surface area contributed by atoms with Gasteiger partial charge < -0.3 is 5.32 Å². The summed E-state index contributed by atoms with van der Waals surface area (Å²) in [5.74, 6) is 2.92. The van der Waals surface area contributed by atoms with Gasteiger partial charge in [-0.2, -0.15) is 0 Å². The van der Waals surface area contributed by atoms with Gasteiger partial charge >= 0.3 is 0 Å².